The van der Waals surface area contributed by atoms with Crippen LogP contribution in [0.3, 0.4) is 0 Å². The van der Waals surface area contributed by atoms with Gasteiger partial charge in [-0.2, -0.15) is 0 Å². The number of hydrazine groups is 1. The van der Waals surface area contributed by atoms with Crippen molar-refractivity contribution in [3.05, 3.63) is 46.0 Å². The van der Waals surface area contributed by atoms with E-state index in [0.717, 1.165) is 0 Å². The Balaban J connectivity index is 2.22. The Morgan fingerprint density at radius 3 is 2.35 bits per heavy atom. The molecule has 0 radical (unpaired) electrons. The number of nitrogens with zero attached hydrogens (tertiary/aromatic N) is 2. The lowest BCUT2D eigenvalue weighted by atomic mass is 10.2. The van der Waals surface area contributed by atoms with Crippen LogP contribution in [0.25, 0.3) is 0 Å². The standard InChI is InChI=1S/C10H12N2O4S/c13-12(14)11(17(15,16)10-6-7-10)8-9-4-2-1-3-5-9/h1-5,10H,6-8H2. The van der Waals surface area contributed by atoms with E-state index in [2.05, 4.69) is 0 Å². The van der Waals surface area contributed by atoms with Crippen molar-refractivity contribution in [3.63, 3.8) is 0 Å². The quantitative estimate of drug-likeness (QED) is 0.585. The van der Waals surface area contributed by atoms with E-state index in [0.29, 0.717) is 22.8 Å². The van der Waals surface area contributed by atoms with Gasteiger partial charge in [-0.25, -0.2) is 18.5 Å². The molecule has 0 atom stereocenters. The van der Waals surface area contributed by atoms with E-state index in [4.69, 9.17) is 0 Å². The summed E-state index contributed by atoms with van der Waals surface area (Å²) in [5.74, 6) is 0. The maximum atomic E-state index is 11.8. The lowest BCUT2D eigenvalue weighted by Crippen LogP contribution is -2.37. The predicted octanol–water partition coefficient (Wildman–Crippen LogP) is 1.17. The SMILES string of the molecule is O=[N+]([O-])N(Cc1ccccc1)S(=O)(=O)C1CC1. The van der Waals surface area contributed by atoms with Crippen LogP contribution in [-0.4, -0.2) is 23.1 Å². The molecule has 1 aromatic carbocycles. The van der Waals surface area contributed by atoms with Crippen LogP contribution in [0.15, 0.2) is 30.3 Å². The largest absolute Gasteiger partial charge is 0.287 e. The van der Waals surface area contributed by atoms with Gasteiger partial charge in [-0.3, -0.25) is 0 Å². The summed E-state index contributed by atoms with van der Waals surface area (Å²) >= 11 is 0. The Kier molecular flexibility index (Phi) is 3.01. The van der Waals surface area contributed by atoms with Crippen LogP contribution in [0.5, 0.6) is 0 Å². The van der Waals surface area contributed by atoms with E-state index in [1.54, 1.807) is 30.3 Å². The molecule has 0 unspecified atom stereocenters. The number of hydrogen-bond donors (Lipinski definition) is 0. The molecule has 0 spiro atoms. The maximum absolute atomic E-state index is 11.8. The van der Waals surface area contributed by atoms with Crippen molar-refractivity contribution in [2.24, 2.45) is 0 Å². The molecule has 0 aliphatic heterocycles. The molecule has 0 amide bonds. The molecule has 6 nitrogen and oxygen atoms in total. The number of sulfonamides is 1. The average Bonchev–Trinajstić information content (AvgIpc) is 3.10. The summed E-state index contributed by atoms with van der Waals surface area (Å²) in [4.78, 5) is 10.8. The second-order valence-electron chi connectivity index (χ2n) is 3.95. The second kappa shape index (κ2) is 4.33. The highest BCUT2D eigenvalue weighted by Crippen LogP contribution is 2.31. The van der Waals surface area contributed by atoms with Gasteiger partial charge in [0.05, 0.1) is 5.25 Å². The van der Waals surface area contributed by atoms with E-state index >= 15 is 0 Å². The van der Waals surface area contributed by atoms with Gasteiger partial charge in [0.1, 0.15) is 6.54 Å². The van der Waals surface area contributed by atoms with Gasteiger partial charge in [0.2, 0.25) is 0 Å². The smallest absolute Gasteiger partial charge is 0.234 e. The first kappa shape index (κ1) is 11.8. The molecule has 17 heavy (non-hydrogen) atoms. The highest BCUT2D eigenvalue weighted by Gasteiger charge is 2.45. The first-order chi connectivity index (χ1) is 8.01. The molecule has 7 heteroatoms. The van der Waals surface area contributed by atoms with Crippen LogP contribution in [-0.2, 0) is 16.6 Å². The van der Waals surface area contributed by atoms with Crippen molar-refractivity contribution in [2.45, 2.75) is 24.6 Å². The van der Waals surface area contributed by atoms with Gasteiger partial charge in [-0.05, 0) is 22.8 Å². The van der Waals surface area contributed by atoms with Gasteiger partial charge in [-0.15, -0.1) is 0 Å². The molecular weight excluding hydrogens is 244 g/mol. The van der Waals surface area contributed by atoms with Gasteiger partial charge in [0, 0.05) is 0 Å². The second-order valence-corrected chi connectivity index (χ2v) is 6.07. The fraction of sp³-hybridized carbons (Fsp3) is 0.400. The van der Waals surface area contributed by atoms with Crippen LogP contribution >= 0.6 is 0 Å². The van der Waals surface area contributed by atoms with Crippen molar-refractivity contribution in [2.75, 3.05) is 0 Å². The van der Waals surface area contributed by atoms with Crippen LogP contribution < -0.4 is 0 Å². The lowest BCUT2D eigenvalue weighted by molar-refractivity contribution is -0.623. The third-order valence-electron chi connectivity index (χ3n) is 2.58. The lowest BCUT2D eigenvalue weighted by Gasteiger charge is -2.13. The summed E-state index contributed by atoms with van der Waals surface area (Å²) in [6, 6.07) is 8.54. The van der Waals surface area contributed by atoms with E-state index in [9.17, 15) is 18.5 Å². The summed E-state index contributed by atoms with van der Waals surface area (Å²) in [7, 11) is -3.79. The molecule has 0 heterocycles. The molecule has 1 aliphatic rings. The van der Waals surface area contributed by atoms with Crippen LogP contribution in [0.1, 0.15) is 18.4 Å². The fourth-order valence-electron chi connectivity index (χ4n) is 1.52. The minimum Gasteiger partial charge on any atom is -0.234 e. The monoisotopic (exact) mass is 256 g/mol. The third kappa shape index (κ3) is 2.55. The molecule has 0 N–H and O–H groups in total. The number of hydrogen-bond acceptors (Lipinski definition) is 4. The van der Waals surface area contributed by atoms with Crippen LogP contribution in [0, 0.1) is 10.1 Å². The maximum Gasteiger partial charge on any atom is 0.287 e. The van der Waals surface area contributed by atoms with Gasteiger partial charge in [0.15, 0.2) is 5.03 Å². The van der Waals surface area contributed by atoms with Crippen molar-refractivity contribution in [1.82, 2.24) is 4.41 Å². The Morgan fingerprint density at radius 2 is 1.88 bits per heavy atom. The summed E-state index contributed by atoms with van der Waals surface area (Å²) in [6.07, 6.45) is 1.03. The van der Waals surface area contributed by atoms with Gasteiger partial charge >= 0.3 is 0 Å². The zero-order chi connectivity index (χ0) is 12.5. The first-order valence-corrected chi connectivity index (χ1v) is 6.72. The molecule has 1 aromatic rings. The van der Waals surface area contributed by atoms with E-state index in [-0.39, 0.29) is 6.54 Å². The molecule has 0 saturated heterocycles. The van der Waals surface area contributed by atoms with E-state index in [1.807, 2.05) is 0 Å². The van der Waals surface area contributed by atoms with Crippen molar-refractivity contribution in [1.29, 1.82) is 0 Å². The number of rotatable bonds is 5. The van der Waals surface area contributed by atoms with Crippen molar-refractivity contribution >= 4 is 10.0 Å². The number of benzene rings is 1. The molecule has 0 bridgehead atoms. The molecule has 2 rings (SSSR count). The normalized spacial score (nSPS) is 15.5. The average molecular weight is 256 g/mol. The summed E-state index contributed by atoms with van der Waals surface area (Å²) in [5.41, 5.74) is 0.605. The Morgan fingerprint density at radius 1 is 1.29 bits per heavy atom. The van der Waals surface area contributed by atoms with Crippen LogP contribution in [0.4, 0.5) is 0 Å². The van der Waals surface area contributed by atoms with Crippen molar-refractivity contribution < 1.29 is 13.5 Å². The van der Waals surface area contributed by atoms with Gasteiger partial charge in [0.25, 0.3) is 10.0 Å². The van der Waals surface area contributed by atoms with Crippen LogP contribution in [0.2, 0.25) is 0 Å². The molecule has 1 saturated carbocycles. The summed E-state index contributed by atoms with van der Waals surface area (Å²) < 4.78 is 24.0. The fourth-order valence-corrected chi connectivity index (χ4v) is 3.11. The molecule has 1 fully saturated rings. The molecular formula is C10H12N2O4S. The zero-order valence-corrected chi connectivity index (χ0v) is 9.84. The highest BCUT2D eigenvalue weighted by atomic mass is 32.2. The number of nitro groups is 1. The Labute approximate surface area is 99.0 Å². The van der Waals surface area contributed by atoms with E-state index < -0.39 is 20.3 Å². The molecule has 1 aliphatic carbocycles. The summed E-state index contributed by atoms with van der Waals surface area (Å²) in [5, 5.41) is 9.42. The van der Waals surface area contributed by atoms with Gasteiger partial charge < -0.3 is 0 Å². The Hall–Kier alpha value is -1.63. The zero-order valence-electron chi connectivity index (χ0n) is 9.02. The Bertz CT molecular complexity index is 510. The minimum atomic E-state index is -3.79. The van der Waals surface area contributed by atoms with E-state index in [1.165, 1.54) is 0 Å². The molecule has 92 valence electrons. The first-order valence-electron chi connectivity index (χ1n) is 5.21. The third-order valence-corrected chi connectivity index (χ3v) is 4.75. The highest BCUT2D eigenvalue weighted by molar-refractivity contribution is 7.89. The molecule has 0 aromatic heterocycles. The minimum absolute atomic E-state index is 0.216. The topological polar surface area (TPSA) is 80.5 Å². The summed E-state index contributed by atoms with van der Waals surface area (Å²) in [6.45, 7) is -0.216. The van der Waals surface area contributed by atoms with Crippen molar-refractivity contribution in [3.8, 4) is 0 Å². The predicted molar refractivity (Wildman–Crippen MR) is 60.9 cm³/mol. The van der Waals surface area contributed by atoms with Gasteiger partial charge in [-0.1, -0.05) is 30.3 Å².